The standard InChI is InChI=1S/C28H34N4O3/c1-7-35-27(34)24-25(30-23-17-19(3)18(2)16-22(23)29-24)31-12-14-32(15-13-31)26(33)20-8-10-21(11-9-20)28(4,5)6/h8-11,16-17H,7,12-15H2,1-6H3. The molecule has 4 rings (SSSR count). The second kappa shape index (κ2) is 9.64. The minimum Gasteiger partial charge on any atom is -0.461 e. The predicted octanol–water partition coefficient (Wildman–Crippen LogP) is 4.68. The Bertz CT molecular complexity index is 1250. The minimum atomic E-state index is -0.479. The molecule has 1 aromatic heterocycles. The van der Waals surface area contributed by atoms with Crippen molar-refractivity contribution in [1.29, 1.82) is 0 Å². The number of anilines is 1. The lowest BCUT2D eigenvalue weighted by atomic mass is 9.86. The van der Waals surface area contributed by atoms with E-state index in [0.717, 1.165) is 16.6 Å². The first-order valence-corrected chi connectivity index (χ1v) is 12.2. The number of fused-ring (bicyclic) bond motifs is 1. The van der Waals surface area contributed by atoms with Gasteiger partial charge in [0.2, 0.25) is 0 Å². The molecular weight excluding hydrogens is 440 g/mol. The number of carbonyl (C=O) groups excluding carboxylic acids is 2. The van der Waals surface area contributed by atoms with Crippen LogP contribution < -0.4 is 4.90 Å². The van der Waals surface area contributed by atoms with E-state index in [1.165, 1.54) is 5.56 Å². The fourth-order valence-corrected chi connectivity index (χ4v) is 4.28. The molecule has 0 atom stereocenters. The summed E-state index contributed by atoms with van der Waals surface area (Å²) in [5.41, 5.74) is 5.79. The van der Waals surface area contributed by atoms with Crippen LogP contribution in [0.4, 0.5) is 5.82 Å². The molecule has 1 fully saturated rings. The van der Waals surface area contributed by atoms with Gasteiger partial charge in [-0.1, -0.05) is 32.9 Å². The number of esters is 1. The Balaban J connectivity index is 1.56. The number of benzene rings is 2. The van der Waals surface area contributed by atoms with Crippen LogP contribution in [0.3, 0.4) is 0 Å². The maximum Gasteiger partial charge on any atom is 0.360 e. The van der Waals surface area contributed by atoms with E-state index in [4.69, 9.17) is 9.72 Å². The Labute approximate surface area is 207 Å². The maximum atomic E-state index is 13.1. The van der Waals surface area contributed by atoms with Crippen LogP contribution in [0.1, 0.15) is 65.2 Å². The van der Waals surface area contributed by atoms with Crippen molar-refractivity contribution < 1.29 is 14.3 Å². The number of amides is 1. The predicted molar refractivity (Wildman–Crippen MR) is 138 cm³/mol. The van der Waals surface area contributed by atoms with Gasteiger partial charge >= 0.3 is 5.97 Å². The number of piperazine rings is 1. The van der Waals surface area contributed by atoms with E-state index in [1.807, 2.05) is 60.0 Å². The summed E-state index contributed by atoms with van der Waals surface area (Å²) < 4.78 is 5.28. The van der Waals surface area contributed by atoms with Gasteiger partial charge in [-0.3, -0.25) is 4.79 Å². The lowest BCUT2D eigenvalue weighted by Gasteiger charge is -2.36. The van der Waals surface area contributed by atoms with Gasteiger partial charge in [0.25, 0.3) is 5.91 Å². The van der Waals surface area contributed by atoms with Gasteiger partial charge in [0.15, 0.2) is 11.5 Å². The number of carbonyl (C=O) groups is 2. The fourth-order valence-electron chi connectivity index (χ4n) is 4.28. The molecule has 1 aliphatic rings. The van der Waals surface area contributed by atoms with Gasteiger partial charge in [0.1, 0.15) is 0 Å². The molecule has 0 spiro atoms. The number of ether oxygens (including phenoxy) is 1. The van der Waals surface area contributed by atoms with Crippen molar-refractivity contribution in [2.45, 2.75) is 47.0 Å². The molecule has 35 heavy (non-hydrogen) atoms. The molecule has 2 aromatic carbocycles. The van der Waals surface area contributed by atoms with Crippen molar-refractivity contribution in [3.63, 3.8) is 0 Å². The summed E-state index contributed by atoms with van der Waals surface area (Å²) in [6.07, 6.45) is 0. The van der Waals surface area contributed by atoms with Gasteiger partial charge < -0.3 is 14.5 Å². The van der Waals surface area contributed by atoms with Crippen molar-refractivity contribution in [2.24, 2.45) is 0 Å². The van der Waals surface area contributed by atoms with Crippen LogP contribution in [0.2, 0.25) is 0 Å². The van der Waals surface area contributed by atoms with Crippen LogP contribution in [0.15, 0.2) is 36.4 Å². The highest BCUT2D eigenvalue weighted by atomic mass is 16.5. The van der Waals surface area contributed by atoms with E-state index in [9.17, 15) is 9.59 Å². The molecule has 1 amide bonds. The molecule has 0 unspecified atom stereocenters. The van der Waals surface area contributed by atoms with Gasteiger partial charge in [-0.25, -0.2) is 14.8 Å². The van der Waals surface area contributed by atoms with Crippen LogP contribution in [0, 0.1) is 13.8 Å². The van der Waals surface area contributed by atoms with Crippen LogP contribution in [-0.2, 0) is 10.2 Å². The average molecular weight is 475 g/mol. The topological polar surface area (TPSA) is 75.6 Å². The number of hydrogen-bond donors (Lipinski definition) is 0. The zero-order valence-corrected chi connectivity index (χ0v) is 21.5. The van der Waals surface area contributed by atoms with Crippen LogP contribution in [0.5, 0.6) is 0 Å². The maximum absolute atomic E-state index is 13.1. The van der Waals surface area contributed by atoms with Crippen LogP contribution >= 0.6 is 0 Å². The third kappa shape index (κ3) is 5.14. The summed E-state index contributed by atoms with van der Waals surface area (Å²) in [5.74, 6) is 0.0554. The van der Waals surface area contributed by atoms with Gasteiger partial charge in [-0.15, -0.1) is 0 Å². The first kappa shape index (κ1) is 24.6. The smallest absolute Gasteiger partial charge is 0.360 e. The summed E-state index contributed by atoms with van der Waals surface area (Å²) in [6, 6.07) is 11.8. The van der Waals surface area contributed by atoms with E-state index >= 15 is 0 Å². The zero-order valence-electron chi connectivity index (χ0n) is 21.5. The Morgan fingerprint density at radius 2 is 1.49 bits per heavy atom. The first-order chi connectivity index (χ1) is 16.6. The minimum absolute atomic E-state index is 0.0198. The molecule has 0 N–H and O–H groups in total. The number of aromatic nitrogens is 2. The third-order valence-electron chi connectivity index (χ3n) is 6.59. The molecule has 7 heteroatoms. The lowest BCUT2D eigenvalue weighted by molar-refractivity contribution is 0.0519. The van der Waals surface area contributed by atoms with Crippen LogP contribution in [0.25, 0.3) is 11.0 Å². The molecule has 7 nitrogen and oxygen atoms in total. The molecule has 3 aromatic rings. The normalized spacial score (nSPS) is 14.3. The van der Waals surface area contributed by atoms with E-state index in [2.05, 4.69) is 25.8 Å². The van der Waals surface area contributed by atoms with Crippen molar-refractivity contribution in [3.8, 4) is 0 Å². The Morgan fingerprint density at radius 3 is 2.03 bits per heavy atom. The molecule has 0 aliphatic carbocycles. The average Bonchev–Trinajstić information content (AvgIpc) is 2.83. The molecule has 1 saturated heterocycles. The quantitative estimate of drug-likeness (QED) is 0.511. The molecule has 0 saturated carbocycles. The van der Waals surface area contributed by atoms with Crippen molar-refractivity contribution in [2.75, 3.05) is 37.7 Å². The van der Waals surface area contributed by atoms with Gasteiger partial charge in [0.05, 0.1) is 17.6 Å². The van der Waals surface area contributed by atoms with Crippen LogP contribution in [-0.4, -0.2) is 59.5 Å². The van der Waals surface area contributed by atoms with E-state index in [-0.39, 0.29) is 23.6 Å². The molecular formula is C28H34N4O3. The molecule has 0 bridgehead atoms. The van der Waals surface area contributed by atoms with Gasteiger partial charge in [0, 0.05) is 31.7 Å². The van der Waals surface area contributed by atoms with Crippen molar-refractivity contribution >= 4 is 28.7 Å². The highest BCUT2D eigenvalue weighted by Crippen LogP contribution is 2.26. The van der Waals surface area contributed by atoms with Crippen molar-refractivity contribution in [3.05, 3.63) is 64.3 Å². The largest absolute Gasteiger partial charge is 0.461 e. The van der Waals surface area contributed by atoms with Gasteiger partial charge in [-0.05, 0) is 67.1 Å². The molecule has 184 valence electrons. The Kier molecular flexibility index (Phi) is 6.79. The number of nitrogens with zero attached hydrogens (tertiary/aromatic N) is 4. The molecule has 1 aliphatic heterocycles. The Hall–Kier alpha value is -3.48. The van der Waals surface area contributed by atoms with E-state index in [0.29, 0.717) is 43.1 Å². The summed E-state index contributed by atoms with van der Waals surface area (Å²) in [7, 11) is 0. The number of aryl methyl sites for hydroxylation is 2. The van der Waals surface area contributed by atoms with E-state index in [1.54, 1.807) is 6.92 Å². The summed E-state index contributed by atoms with van der Waals surface area (Å²) in [4.78, 5) is 39.2. The SMILES string of the molecule is CCOC(=O)c1nc2cc(C)c(C)cc2nc1N1CCN(C(=O)c2ccc(C(C)(C)C)cc2)CC1. The fraction of sp³-hybridized carbons (Fsp3) is 0.429. The molecule has 2 heterocycles. The highest BCUT2D eigenvalue weighted by Gasteiger charge is 2.28. The first-order valence-electron chi connectivity index (χ1n) is 12.2. The Morgan fingerprint density at radius 1 is 0.914 bits per heavy atom. The second-order valence-electron chi connectivity index (χ2n) is 10.1. The third-order valence-corrected chi connectivity index (χ3v) is 6.59. The van der Waals surface area contributed by atoms with E-state index < -0.39 is 5.97 Å². The van der Waals surface area contributed by atoms with Gasteiger partial charge in [-0.2, -0.15) is 0 Å². The zero-order chi connectivity index (χ0) is 25.3. The highest BCUT2D eigenvalue weighted by molar-refractivity contribution is 5.96. The monoisotopic (exact) mass is 474 g/mol. The van der Waals surface area contributed by atoms with Crippen molar-refractivity contribution in [1.82, 2.24) is 14.9 Å². The summed E-state index contributed by atoms with van der Waals surface area (Å²) in [6.45, 7) is 14.8. The lowest BCUT2D eigenvalue weighted by Crippen LogP contribution is -2.49. The second-order valence-corrected chi connectivity index (χ2v) is 10.1. The number of rotatable bonds is 4. The number of hydrogen-bond acceptors (Lipinski definition) is 6. The molecule has 0 radical (unpaired) electrons. The summed E-state index contributed by atoms with van der Waals surface area (Å²) >= 11 is 0. The summed E-state index contributed by atoms with van der Waals surface area (Å²) in [5, 5.41) is 0.